The fourth-order valence-electron chi connectivity index (χ4n) is 3.81. The molecule has 0 fully saturated rings. The highest BCUT2D eigenvalue weighted by molar-refractivity contribution is 7.17. The molecule has 0 atom stereocenters. The smallest absolute Gasteiger partial charge is 0.349 e. The number of carbonyl (C=O) groups is 1. The molecule has 166 valence electrons. The molecule has 0 aliphatic rings. The lowest BCUT2D eigenvalue weighted by Crippen LogP contribution is -2.09. The van der Waals surface area contributed by atoms with Crippen molar-refractivity contribution in [1.82, 2.24) is 9.97 Å². The lowest BCUT2D eigenvalue weighted by Gasteiger charge is -2.13. The minimum absolute atomic E-state index is 0.149. The van der Waals surface area contributed by atoms with Crippen molar-refractivity contribution < 1.29 is 14.6 Å². The van der Waals surface area contributed by atoms with E-state index in [1.54, 1.807) is 12.1 Å². The number of hydrogen-bond acceptors (Lipinski definition) is 7. The van der Waals surface area contributed by atoms with Gasteiger partial charge >= 0.3 is 5.97 Å². The zero-order valence-corrected chi connectivity index (χ0v) is 19.1. The number of nitrogens with one attached hydrogen (secondary N) is 1. The van der Waals surface area contributed by atoms with Gasteiger partial charge in [0.05, 0.1) is 28.8 Å². The van der Waals surface area contributed by atoms with Crippen molar-refractivity contribution in [3.05, 3.63) is 70.4 Å². The van der Waals surface area contributed by atoms with Gasteiger partial charge in [-0.15, -0.1) is 11.3 Å². The lowest BCUT2D eigenvalue weighted by atomic mass is 9.93. The van der Waals surface area contributed by atoms with Crippen LogP contribution in [0.1, 0.15) is 33.3 Å². The Bertz CT molecular complexity index is 1370. The van der Waals surface area contributed by atoms with Crippen molar-refractivity contribution in [3.8, 4) is 22.4 Å². The quantitative estimate of drug-likeness (QED) is 0.369. The topological polar surface area (TPSA) is 108 Å². The number of aryl methyl sites for hydroxylation is 1. The molecule has 2 aromatic carbocycles. The van der Waals surface area contributed by atoms with Gasteiger partial charge in [0.25, 0.3) is 0 Å². The van der Waals surface area contributed by atoms with Crippen molar-refractivity contribution in [2.75, 3.05) is 18.5 Å². The molecule has 0 spiro atoms. The van der Waals surface area contributed by atoms with E-state index >= 15 is 0 Å². The number of nitriles is 1. The Balaban J connectivity index is 1.53. The number of nitrogens with zero attached hydrogens (tertiary/aromatic N) is 3. The average molecular weight is 459 g/mol. The standard InChI is InChI=1S/C25H22N4O3S/c1-3-32-21-12-22(33-24(21)25(30)31)20-11-23(29-14-28-20)27-9-8-19-15(2)18-7-5-4-6-16(18)10-17(19)13-26/h4-7,10-12,14H,3,8-9H2,1-2H3,(H,30,31)(H,27,28,29). The molecule has 2 aromatic heterocycles. The van der Waals surface area contributed by atoms with Gasteiger partial charge in [-0.2, -0.15) is 5.26 Å². The van der Waals surface area contributed by atoms with Crippen LogP contribution in [0.15, 0.2) is 48.8 Å². The normalized spacial score (nSPS) is 10.7. The molecule has 0 aliphatic carbocycles. The molecule has 4 rings (SSSR count). The van der Waals surface area contributed by atoms with Gasteiger partial charge in [0.1, 0.15) is 17.9 Å². The number of thiophene rings is 1. The fraction of sp³-hybridized carbons (Fsp3) is 0.200. The molecule has 8 heteroatoms. The third-order valence-corrected chi connectivity index (χ3v) is 6.48. The van der Waals surface area contributed by atoms with Crippen LogP contribution in [0.5, 0.6) is 5.75 Å². The summed E-state index contributed by atoms with van der Waals surface area (Å²) >= 11 is 1.12. The van der Waals surface area contributed by atoms with Crippen LogP contribution in [-0.2, 0) is 6.42 Å². The second kappa shape index (κ2) is 9.67. The number of aromatic carboxylic acids is 1. The van der Waals surface area contributed by atoms with Gasteiger partial charge in [-0.1, -0.05) is 24.3 Å². The Hall–Kier alpha value is -3.96. The van der Waals surface area contributed by atoms with E-state index in [1.165, 1.54) is 6.33 Å². The Morgan fingerprint density at radius 2 is 2.06 bits per heavy atom. The first kappa shape index (κ1) is 22.2. The zero-order chi connectivity index (χ0) is 23.4. The Morgan fingerprint density at radius 1 is 1.24 bits per heavy atom. The van der Waals surface area contributed by atoms with Gasteiger partial charge < -0.3 is 15.2 Å². The molecule has 0 bridgehead atoms. The van der Waals surface area contributed by atoms with Gasteiger partial charge in [-0.25, -0.2) is 14.8 Å². The van der Waals surface area contributed by atoms with Crippen LogP contribution in [0.3, 0.4) is 0 Å². The molecular formula is C25H22N4O3S. The maximum Gasteiger partial charge on any atom is 0.349 e. The molecule has 4 aromatic rings. The van der Waals surface area contributed by atoms with Crippen LogP contribution in [0.4, 0.5) is 5.82 Å². The van der Waals surface area contributed by atoms with Gasteiger partial charge in [-0.3, -0.25) is 0 Å². The van der Waals surface area contributed by atoms with Crippen LogP contribution in [-0.4, -0.2) is 34.2 Å². The molecule has 0 saturated carbocycles. The van der Waals surface area contributed by atoms with E-state index in [0.29, 0.717) is 47.3 Å². The highest BCUT2D eigenvalue weighted by Crippen LogP contribution is 2.36. The summed E-state index contributed by atoms with van der Waals surface area (Å²) in [6.45, 7) is 4.82. The van der Waals surface area contributed by atoms with Gasteiger partial charge in [0.2, 0.25) is 0 Å². The highest BCUT2D eigenvalue weighted by Gasteiger charge is 2.18. The van der Waals surface area contributed by atoms with E-state index in [9.17, 15) is 15.2 Å². The molecule has 33 heavy (non-hydrogen) atoms. The van der Waals surface area contributed by atoms with E-state index < -0.39 is 5.97 Å². The van der Waals surface area contributed by atoms with Gasteiger partial charge in [0, 0.05) is 18.7 Å². The zero-order valence-electron chi connectivity index (χ0n) is 18.3. The number of rotatable bonds is 8. The lowest BCUT2D eigenvalue weighted by molar-refractivity contribution is 0.0698. The van der Waals surface area contributed by atoms with E-state index in [0.717, 1.165) is 33.2 Å². The molecule has 2 N–H and O–H groups in total. The summed E-state index contributed by atoms with van der Waals surface area (Å²) < 4.78 is 5.45. The first-order valence-corrected chi connectivity index (χ1v) is 11.3. The van der Waals surface area contributed by atoms with Gasteiger partial charge in [0.15, 0.2) is 4.88 Å². The maximum absolute atomic E-state index is 11.5. The first-order chi connectivity index (χ1) is 16.0. The minimum atomic E-state index is -1.03. The minimum Gasteiger partial charge on any atom is -0.492 e. The summed E-state index contributed by atoms with van der Waals surface area (Å²) in [5, 5.41) is 24.6. The van der Waals surface area contributed by atoms with Crippen LogP contribution in [0, 0.1) is 18.3 Å². The van der Waals surface area contributed by atoms with Crippen molar-refractivity contribution in [3.63, 3.8) is 0 Å². The number of fused-ring (bicyclic) bond motifs is 1. The summed E-state index contributed by atoms with van der Waals surface area (Å²) in [5.74, 6) is -0.0599. The van der Waals surface area contributed by atoms with E-state index in [-0.39, 0.29) is 4.88 Å². The molecule has 0 unspecified atom stereocenters. The number of benzene rings is 2. The monoisotopic (exact) mass is 458 g/mol. The fourth-order valence-corrected chi connectivity index (χ4v) is 4.72. The summed E-state index contributed by atoms with van der Waals surface area (Å²) in [4.78, 5) is 20.9. The molecule has 0 radical (unpaired) electrons. The molecule has 0 aliphatic heterocycles. The third kappa shape index (κ3) is 4.64. The number of carboxylic acids is 1. The summed E-state index contributed by atoms with van der Waals surface area (Å²) in [6, 6.07) is 15.8. The number of anilines is 1. The predicted octanol–water partition coefficient (Wildman–Crippen LogP) is 5.29. The Morgan fingerprint density at radius 3 is 2.82 bits per heavy atom. The molecular weight excluding hydrogens is 436 g/mol. The van der Waals surface area contributed by atoms with E-state index in [4.69, 9.17) is 4.74 Å². The summed E-state index contributed by atoms with van der Waals surface area (Å²) in [6.07, 6.45) is 2.11. The van der Waals surface area contributed by atoms with Crippen molar-refractivity contribution in [2.24, 2.45) is 0 Å². The Kier molecular flexibility index (Phi) is 6.52. The number of carboxylic acid groups (broad SMARTS) is 1. The van der Waals surface area contributed by atoms with Crippen molar-refractivity contribution in [1.29, 1.82) is 5.26 Å². The number of ether oxygens (including phenoxy) is 1. The van der Waals surface area contributed by atoms with Crippen LogP contribution in [0.25, 0.3) is 21.3 Å². The highest BCUT2D eigenvalue weighted by atomic mass is 32.1. The van der Waals surface area contributed by atoms with E-state index in [2.05, 4.69) is 27.4 Å². The van der Waals surface area contributed by atoms with Crippen molar-refractivity contribution >= 4 is 33.9 Å². The molecule has 0 saturated heterocycles. The molecule has 7 nitrogen and oxygen atoms in total. The molecule has 0 amide bonds. The first-order valence-electron chi connectivity index (χ1n) is 10.5. The van der Waals surface area contributed by atoms with Crippen LogP contribution < -0.4 is 10.1 Å². The second-order valence-electron chi connectivity index (χ2n) is 7.37. The number of hydrogen-bond donors (Lipinski definition) is 2. The third-order valence-electron chi connectivity index (χ3n) is 5.36. The SMILES string of the molecule is CCOc1cc(-c2cc(NCCc3c(C#N)cc4ccccc4c3C)ncn2)sc1C(=O)O. The largest absolute Gasteiger partial charge is 0.492 e. The van der Waals surface area contributed by atoms with Crippen LogP contribution in [0.2, 0.25) is 0 Å². The van der Waals surface area contributed by atoms with Gasteiger partial charge in [-0.05, 0) is 48.2 Å². The second-order valence-corrected chi connectivity index (χ2v) is 8.42. The summed E-state index contributed by atoms with van der Waals surface area (Å²) in [7, 11) is 0. The van der Waals surface area contributed by atoms with Crippen molar-refractivity contribution in [2.45, 2.75) is 20.3 Å². The molecule has 2 heterocycles. The Labute approximate surface area is 195 Å². The van der Waals surface area contributed by atoms with Crippen LogP contribution >= 0.6 is 11.3 Å². The van der Waals surface area contributed by atoms with E-state index in [1.807, 2.05) is 38.1 Å². The summed E-state index contributed by atoms with van der Waals surface area (Å²) in [5.41, 5.74) is 3.42. The maximum atomic E-state index is 11.5. The average Bonchev–Trinajstić information content (AvgIpc) is 3.25. The predicted molar refractivity (Wildman–Crippen MR) is 129 cm³/mol. The number of aromatic nitrogens is 2.